The average molecular weight is 249 g/mol. The quantitative estimate of drug-likeness (QED) is 0.753. The molecular weight excluding hydrogens is 226 g/mol. The first kappa shape index (κ1) is 13.1. The second-order valence-electron chi connectivity index (χ2n) is 5.26. The number of rotatable bonds is 4. The fourth-order valence-corrected chi connectivity index (χ4v) is 2.58. The third-order valence-electron chi connectivity index (χ3n) is 3.72. The van der Waals surface area contributed by atoms with E-state index in [0.717, 1.165) is 24.7 Å². The maximum atomic E-state index is 5.70. The predicted octanol–water partition coefficient (Wildman–Crippen LogP) is 1.54. The van der Waals surface area contributed by atoms with Crippen LogP contribution in [0.1, 0.15) is 31.4 Å². The van der Waals surface area contributed by atoms with Crippen LogP contribution >= 0.6 is 0 Å². The van der Waals surface area contributed by atoms with E-state index in [9.17, 15) is 0 Å². The zero-order chi connectivity index (χ0) is 13.0. The van der Waals surface area contributed by atoms with Crippen molar-refractivity contribution in [3.8, 4) is 0 Å². The lowest BCUT2D eigenvalue weighted by Crippen LogP contribution is -2.25. The van der Waals surface area contributed by atoms with Crippen molar-refractivity contribution in [1.29, 1.82) is 0 Å². The molecule has 0 aromatic carbocycles. The molecule has 1 aliphatic rings. The molecule has 0 radical (unpaired) electrons. The van der Waals surface area contributed by atoms with E-state index in [1.165, 1.54) is 25.7 Å². The molecule has 1 saturated carbocycles. The maximum absolute atomic E-state index is 5.70. The number of aromatic nitrogens is 2. The molecule has 5 nitrogen and oxygen atoms in total. The normalized spacial score (nSPS) is 23.9. The first-order chi connectivity index (χ1) is 8.67. The highest BCUT2D eigenvalue weighted by Crippen LogP contribution is 2.28. The summed E-state index contributed by atoms with van der Waals surface area (Å²) in [5, 5.41) is 3.30. The second kappa shape index (κ2) is 6.00. The third kappa shape index (κ3) is 3.57. The summed E-state index contributed by atoms with van der Waals surface area (Å²) >= 11 is 0. The Bertz CT molecular complexity index is 365. The molecule has 0 bridgehead atoms. The first-order valence-corrected chi connectivity index (χ1v) is 6.72. The summed E-state index contributed by atoms with van der Waals surface area (Å²) in [5.74, 6) is 2.61. The largest absolute Gasteiger partial charge is 0.384 e. The maximum Gasteiger partial charge on any atom is 0.224 e. The summed E-state index contributed by atoms with van der Waals surface area (Å²) in [6.07, 6.45) is 4.99. The van der Waals surface area contributed by atoms with Gasteiger partial charge < -0.3 is 16.8 Å². The van der Waals surface area contributed by atoms with Gasteiger partial charge in [-0.3, -0.25) is 0 Å². The zero-order valence-electron chi connectivity index (χ0n) is 11.0. The molecule has 100 valence electrons. The Hall–Kier alpha value is -1.36. The molecule has 1 aromatic heterocycles. The van der Waals surface area contributed by atoms with E-state index in [1.54, 1.807) is 6.07 Å². The standard InChI is InChI=1S/C13H23N5/c1-9-6-12(15)18-13(17-9)16-8-11-4-2-10(7-14)3-5-11/h6,10-11H,2-5,7-8,14H2,1H3,(H3,15,16,17,18). The molecule has 0 atom stereocenters. The van der Waals surface area contributed by atoms with Gasteiger partial charge in [0.25, 0.3) is 0 Å². The van der Waals surface area contributed by atoms with Crippen LogP contribution in [0.15, 0.2) is 6.07 Å². The van der Waals surface area contributed by atoms with Crippen LogP contribution in [0.5, 0.6) is 0 Å². The first-order valence-electron chi connectivity index (χ1n) is 6.72. The van der Waals surface area contributed by atoms with Gasteiger partial charge in [-0.25, -0.2) is 4.98 Å². The minimum Gasteiger partial charge on any atom is -0.384 e. The Morgan fingerprint density at radius 3 is 2.50 bits per heavy atom. The molecule has 1 aromatic rings. The van der Waals surface area contributed by atoms with E-state index in [1.807, 2.05) is 6.92 Å². The Morgan fingerprint density at radius 2 is 1.89 bits per heavy atom. The van der Waals surface area contributed by atoms with Crippen molar-refractivity contribution in [2.45, 2.75) is 32.6 Å². The minimum absolute atomic E-state index is 0.525. The van der Waals surface area contributed by atoms with Crippen molar-refractivity contribution in [2.24, 2.45) is 17.6 Å². The summed E-state index contributed by atoms with van der Waals surface area (Å²) in [4.78, 5) is 8.51. The highest BCUT2D eigenvalue weighted by molar-refractivity contribution is 5.38. The van der Waals surface area contributed by atoms with Crippen LogP contribution in [0.4, 0.5) is 11.8 Å². The van der Waals surface area contributed by atoms with Gasteiger partial charge >= 0.3 is 0 Å². The van der Waals surface area contributed by atoms with Crippen molar-refractivity contribution in [1.82, 2.24) is 9.97 Å². The molecule has 5 N–H and O–H groups in total. The van der Waals surface area contributed by atoms with Gasteiger partial charge in [-0.15, -0.1) is 0 Å². The van der Waals surface area contributed by atoms with Gasteiger partial charge in [-0.1, -0.05) is 0 Å². The van der Waals surface area contributed by atoms with Gasteiger partial charge in [-0.05, 0) is 51.0 Å². The monoisotopic (exact) mass is 249 g/mol. The average Bonchev–Trinajstić information content (AvgIpc) is 2.36. The molecule has 0 amide bonds. The molecule has 0 aliphatic heterocycles. The molecular formula is C13H23N5. The number of nitrogens with two attached hydrogens (primary N) is 2. The molecule has 1 fully saturated rings. The van der Waals surface area contributed by atoms with Gasteiger partial charge in [-0.2, -0.15) is 4.98 Å². The summed E-state index contributed by atoms with van der Waals surface area (Å²) in [6.45, 7) is 3.69. The van der Waals surface area contributed by atoms with E-state index in [4.69, 9.17) is 11.5 Å². The smallest absolute Gasteiger partial charge is 0.224 e. The van der Waals surface area contributed by atoms with E-state index < -0.39 is 0 Å². The number of nitrogens with zero attached hydrogens (tertiary/aromatic N) is 2. The second-order valence-corrected chi connectivity index (χ2v) is 5.26. The predicted molar refractivity (Wildman–Crippen MR) is 74.2 cm³/mol. The summed E-state index contributed by atoms with van der Waals surface area (Å²) < 4.78 is 0. The van der Waals surface area contributed by atoms with Crippen molar-refractivity contribution in [3.63, 3.8) is 0 Å². The SMILES string of the molecule is Cc1cc(N)nc(NCC2CCC(CN)CC2)n1. The summed E-state index contributed by atoms with van der Waals surface area (Å²) in [7, 11) is 0. The van der Waals surface area contributed by atoms with Crippen molar-refractivity contribution >= 4 is 11.8 Å². The zero-order valence-corrected chi connectivity index (χ0v) is 11.0. The van der Waals surface area contributed by atoms with E-state index in [0.29, 0.717) is 17.7 Å². The van der Waals surface area contributed by atoms with Crippen LogP contribution in [0.2, 0.25) is 0 Å². The van der Waals surface area contributed by atoms with Crippen molar-refractivity contribution < 1.29 is 0 Å². The lowest BCUT2D eigenvalue weighted by atomic mass is 9.82. The lowest BCUT2D eigenvalue weighted by Gasteiger charge is -2.27. The van der Waals surface area contributed by atoms with Crippen LogP contribution in [0, 0.1) is 18.8 Å². The Balaban J connectivity index is 1.81. The molecule has 18 heavy (non-hydrogen) atoms. The summed E-state index contributed by atoms with van der Waals surface area (Å²) in [6, 6.07) is 1.78. The molecule has 1 aliphatic carbocycles. The van der Waals surface area contributed by atoms with Crippen LogP contribution in [0.25, 0.3) is 0 Å². The number of nitrogen functional groups attached to an aromatic ring is 1. The van der Waals surface area contributed by atoms with Gasteiger partial charge in [0.15, 0.2) is 0 Å². The van der Waals surface area contributed by atoms with Crippen LogP contribution in [-0.4, -0.2) is 23.1 Å². The van der Waals surface area contributed by atoms with E-state index in [2.05, 4.69) is 15.3 Å². The third-order valence-corrected chi connectivity index (χ3v) is 3.72. The highest BCUT2D eigenvalue weighted by atomic mass is 15.1. The lowest BCUT2D eigenvalue weighted by molar-refractivity contribution is 0.289. The molecule has 0 saturated heterocycles. The topological polar surface area (TPSA) is 89.8 Å². The molecule has 0 unspecified atom stereocenters. The fourth-order valence-electron chi connectivity index (χ4n) is 2.58. The number of hydrogen-bond donors (Lipinski definition) is 3. The van der Waals surface area contributed by atoms with Crippen LogP contribution in [-0.2, 0) is 0 Å². The number of hydrogen-bond acceptors (Lipinski definition) is 5. The van der Waals surface area contributed by atoms with E-state index >= 15 is 0 Å². The van der Waals surface area contributed by atoms with Gasteiger partial charge in [0.05, 0.1) is 0 Å². The Labute approximate surface area is 108 Å². The molecule has 5 heteroatoms. The van der Waals surface area contributed by atoms with Crippen LogP contribution in [0.3, 0.4) is 0 Å². The van der Waals surface area contributed by atoms with Crippen molar-refractivity contribution in [3.05, 3.63) is 11.8 Å². The van der Waals surface area contributed by atoms with E-state index in [-0.39, 0.29) is 0 Å². The van der Waals surface area contributed by atoms with Gasteiger partial charge in [0.2, 0.25) is 5.95 Å². The Morgan fingerprint density at radius 1 is 1.22 bits per heavy atom. The number of aryl methyl sites for hydroxylation is 1. The number of nitrogens with one attached hydrogen (secondary N) is 1. The highest BCUT2D eigenvalue weighted by Gasteiger charge is 2.20. The van der Waals surface area contributed by atoms with Gasteiger partial charge in [0, 0.05) is 18.3 Å². The molecule has 2 rings (SSSR count). The summed E-state index contributed by atoms with van der Waals surface area (Å²) in [5.41, 5.74) is 12.3. The minimum atomic E-state index is 0.525. The fraction of sp³-hybridized carbons (Fsp3) is 0.692. The molecule has 1 heterocycles. The van der Waals surface area contributed by atoms with Crippen LogP contribution < -0.4 is 16.8 Å². The molecule has 0 spiro atoms. The van der Waals surface area contributed by atoms with Crippen molar-refractivity contribution in [2.75, 3.05) is 24.1 Å². The number of anilines is 2. The van der Waals surface area contributed by atoms with Gasteiger partial charge in [0.1, 0.15) is 5.82 Å². The Kier molecular flexibility index (Phi) is 4.36.